The normalized spacial score (nSPS) is 15.3. The Kier molecular flexibility index (Phi) is 6.42. The maximum absolute atomic E-state index is 13.4. The topological polar surface area (TPSA) is 84.2 Å². The van der Waals surface area contributed by atoms with E-state index >= 15 is 0 Å². The Balaban J connectivity index is 1.34. The third-order valence-corrected chi connectivity index (χ3v) is 6.29. The summed E-state index contributed by atoms with van der Waals surface area (Å²) in [4.78, 5) is 19.7. The molecule has 0 atom stereocenters. The number of fused-ring (bicyclic) bond motifs is 1. The predicted octanol–water partition coefficient (Wildman–Crippen LogP) is 5.15. The second-order valence-electron chi connectivity index (χ2n) is 7.85. The largest absolute Gasteiger partial charge is 0.493 e. The van der Waals surface area contributed by atoms with Gasteiger partial charge >= 0.3 is 0 Å². The second-order valence-corrected chi connectivity index (χ2v) is 8.91. The molecule has 0 saturated heterocycles. The number of carbonyl (C=O) groups excluding carboxylic acids is 1. The predicted molar refractivity (Wildman–Crippen MR) is 136 cm³/mol. The fraction of sp³-hybridized carbons (Fsp3) is 0.148. The van der Waals surface area contributed by atoms with E-state index in [0.29, 0.717) is 46.0 Å². The molecule has 1 amide bonds. The molecule has 0 N–H and O–H groups in total. The summed E-state index contributed by atoms with van der Waals surface area (Å²) >= 11 is 1.45. The Morgan fingerprint density at radius 3 is 2.63 bits per heavy atom. The van der Waals surface area contributed by atoms with Crippen LogP contribution in [0.25, 0.3) is 6.08 Å². The highest BCUT2D eigenvalue weighted by Gasteiger charge is 2.32. The number of amides is 1. The van der Waals surface area contributed by atoms with Gasteiger partial charge in [0.2, 0.25) is 6.79 Å². The van der Waals surface area contributed by atoms with E-state index in [1.807, 2.05) is 49.4 Å². The van der Waals surface area contributed by atoms with Crippen molar-refractivity contribution >= 4 is 34.6 Å². The number of hydrogen-bond donors (Lipinski definition) is 0. The number of carbonyl (C=O) groups is 1. The number of nitriles is 1. The quantitative estimate of drug-likeness (QED) is 0.356. The minimum atomic E-state index is -0.193. The van der Waals surface area contributed by atoms with Crippen molar-refractivity contribution in [3.8, 4) is 23.3 Å². The zero-order valence-electron chi connectivity index (χ0n) is 18.9. The van der Waals surface area contributed by atoms with Crippen LogP contribution in [0.2, 0.25) is 0 Å². The van der Waals surface area contributed by atoms with Gasteiger partial charge in [0.15, 0.2) is 16.7 Å². The van der Waals surface area contributed by atoms with E-state index in [2.05, 4.69) is 11.1 Å². The summed E-state index contributed by atoms with van der Waals surface area (Å²) in [6, 6.07) is 22.4. The number of nitrogens with zero attached hydrogens (tertiary/aromatic N) is 3. The van der Waals surface area contributed by atoms with E-state index in [4.69, 9.17) is 19.5 Å². The van der Waals surface area contributed by atoms with E-state index in [1.165, 1.54) is 11.8 Å². The van der Waals surface area contributed by atoms with Crippen LogP contribution in [0, 0.1) is 18.3 Å². The molecular formula is C27H21N3O4S. The smallest absolute Gasteiger partial charge is 0.283 e. The number of thioether (sulfide) groups is 1. The van der Waals surface area contributed by atoms with Crippen LogP contribution in [0.4, 0.5) is 5.69 Å². The Morgan fingerprint density at radius 1 is 1.09 bits per heavy atom. The summed E-state index contributed by atoms with van der Waals surface area (Å²) in [5.41, 5.74) is 3.61. The fourth-order valence-corrected chi connectivity index (χ4v) is 4.42. The maximum Gasteiger partial charge on any atom is 0.283 e. The average Bonchev–Trinajstić information content (AvgIpc) is 3.47. The van der Waals surface area contributed by atoms with Gasteiger partial charge in [-0.3, -0.25) is 9.69 Å². The monoisotopic (exact) mass is 483 g/mol. The number of aryl methyl sites for hydroxylation is 1. The van der Waals surface area contributed by atoms with Gasteiger partial charge in [-0.05, 0) is 67.1 Å². The molecule has 0 bridgehead atoms. The van der Waals surface area contributed by atoms with Crippen molar-refractivity contribution in [1.29, 1.82) is 5.26 Å². The SMILES string of the molecule is Cc1ccc(N2C(=O)/C(=C\c3ccc4c(c3)OCO4)N=C2SCCOc2ccc(C#N)cc2)cc1. The van der Waals surface area contributed by atoms with Gasteiger partial charge in [0.05, 0.1) is 23.9 Å². The number of amidine groups is 1. The van der Waals surface area contributed by atoms with Gasteiger partial charge in [0.1, 0.15) is 11.4 Å². The Morgan fingerprint density at radius 2 is 1.86 bits per heavy atom. The third-order valence-electron chi connectivity index (χ3n) is 5.39. The molecule has 5 rings (SSSR count). The number of benzene rings is 3. The van der Waals surface area contributed by atoms with Crippen LogP contribution in [0.3, 0.4) is 0 Å². The van der Waals surface area contributed by atoms with Crippen molar-refractivity contribution in [3.63, 3.8) is 0 Å². The Labute approximate surface area is 207 Å². The first-order valence-corrected chi connectivity index (χ1v) is 12.0. The molecule has 8 heteroatoms. The highest BCUT2D eigenvalue weighted by Crippen LogP contribution is 2.34. The summed E-state index contributed by atoms with van der Waals surface area (Å²) in [5, 5.41) is 9.51. The summed E-state index contributed by atoms with van der Waals surface area (Å²) < 4.78 is 16.6. The molecule has 2 aliphatic heterocycles. The van der Waals surface area contributed by atoms with Crippen LogP contribution in [0.5, 0.6) is 17.2 Å². The first kappa shape index (κ1) is 22.6. The second kappa shape index (κ2) is 9.95. The lowest BCUT2D eigenvalue weighted by Crippen LogP contribution is -2.30. The highest BCUT2D eigenvalue weighted by atomic mass is 32.2. The summed E-state index contributed by atoms with van der Waals surface area (Å²) in [6.07, 6.45) is 1.76. The van der Waals surface area contributed by atoms with Gasteiger partial charge in [-0.2, -0.15) is 5.26 Å². The lowest BCUT2D eigenvalue weighted by molar-refractivity contribution is -0.113. The van der Waals surface area contributed by atoms with Crippen molar-refractivity contribution in [3.05, 3.63) is 89.1 Å². The van der Waals surface area contributed by atoms with Crippen molar-refractivity contribution in [2.75, 3.05) is 24.1 Å². The van der Waals surface area contributed by atoms with Crippen LogP contribution in [-0.2, 0) is 4.79 Å². The van der Waals surface area contributed by atoms with E-state index in [1.54, 1.807) is 35.2 Å². The van der Waals surface area contributed by atoms with Gasteiger partial charge < -0.3 is 14.2 Å². The zero-order valence-corrected chi connectivity index (χ0v) is 19.7. The van der Waals surface area contributed by atoms with Crippen molar-refractivity contribution in [2.24, 2.45) is 4.99 Å². The first-order chi connectivity index (χ1) is 17.1. The van der Waals surface area contributed by atoms with Crippen LogP contribution in [0.1, 0.15) is 16.7 Å². The lowest BCUT2D eigenvalue weighted by atomic mass is 10.1. The fourth-order valence-electron chi connectivity index (χ4n) is 3.59. The van der Waals surface area contributed by atoms with E-state index in [9.17, 15) is 4.79 Å². The molecule has 35 heavy (non-hydrogen) atoms. The number of rotatable bonds is 6. The number of hydrogen-bond acceptors (Lipinski definition) is 7. The van der Waals surface area contributed by atoms with Crippen molar-refractivity contribution in [1.82, 2.24) is 0 Å². The van der Waals surface area contributed by atoms with Gasteiger partial charge in [-0.15, -0.1) is 0 Å². The highest BCUT2D eigenvalue weighted by molar-refractivity contribution is 8.14. The minimum Gasteiger partial charge on any atom is -0.493 e. The molecule has 0 saturated carbocycles. The van der Waals surface area contributed by atoms with Crippen LogP contribution in [-0.4, -0.2) is 30.2 Å². The maximum atomic E-state index is 13.4. The first-order valence-electron chi connectivity index (χ1n) is 11.0. The third kappa shape index (κ3) is 5.00. The van der Waals surface area contributed by atoms with Crippen molar-refractivity contribution < 1.29 is 19.0 Å². The molecule has 3 aromatic carbocycles. The molecule has 2 aliphatic rings. The average molecular weight is 484 g/mol. The molecule has 0 spiro atoms. The van der Waals surface area contributed by atoms with E-state index in [0.717, 1.165) is 16.8 Å². The van der Waals surface area contributed by atoms with Gasteiger partial charge in [-0.25, -0.2) is 4.99 Å². The summed E-state index contributed by atoms with van der Waals surface area (Å²) in [7, 11) is 0. The molecule has 0 aliphatic carbocycles. The molecule has 0 aromatic heterocycles. The Bertz CT molecular complexity index is 1360. The van der Waals surface area contributed by atoms with Gasteiger partial charge in [-0.1, -0.05) is 35.5 Å². The van der Waals surface area contributed by atoms with Crippen LogP contribution in [0.15, 0.2) is 77.4 Å². The zero-order chi connectivity index (χ0) is 24.2. The number of anilines is 1. The van der Waals surface area contributed by atoms with Gasteiger partial charge in [0.25, 0.3) is 5.91 Å². The Hall–Kier alpha value is -4.22. The molecule has 0 unspecified atom stereocenters. The molecule has 7 nitrogen and oxygen atoms in total. The van der Waals surface area contributed by atoms with Crippen LogP contribution < -0.4 is 19.1 Å². The lowest BCUT2D eigenvalue weighted by Gasteiger charge is -2.18. The van der Waals surface area contributed by atoms with E-state index < -0.39 is 0 Å². The molecule has 3 aromatic rings. The van der Waals surface area contributed by atoms with E-state index in [-0.39, 0.29) is 12.7 Å². The van der Waals surface area contributed by atoms with Crippen molar-refractivity contribution in [2.45, 2.75) is 6.92 Å². The molecule has 0 radical (unpaired) electrons. The summed E-state index contributed by atoms with van der Waals surface area (Å²) in [5.74, 6) is 2.42. The van der Waals surface area contributed by atoms with Crippen LogP contribution >= 0.6 is 11.8 Å². The number of ether oxygens (including phenoxy) is 3. The molecular weight excluding hydrogens is 462 g/mol. The number of aliphatic imine (C=N–C) groups is 1. The minimum absolute atomic E-state index is 0.193. The molecule has 2 heterocycles. The van der Waals surface area contributed by atoms with Gasteiger partial charge in [0, 0.05) is 5.75 Å². The molecule has 174 valence electrons. The molecule has 0 fully saturated rings. The standard InChI is InChI=1S/C27H21N3O4S/c1-18-2-7-21(8-3-18)30-26(31)23(14-20-6-11-24-25(15-20)34-17-33-24)29-27(30)35-13-12-32-22-9-4-19(16-28)5-10-22/h2-11,14-15H,12-13,17H2,1H3/b23-14+. The summed E-state index contributed by atoms with van der Waals surface area (Å²) in [6.45, 7) is 2.62.